The highest BCUT2D eigenvalue weighted by Crippen LogP contribution is 2.47. The molecule has 0 heterocycles. The van der Waals surface area contributed by atoms with E-state index in [9.17, 15) is 14.3 Å². The van der Waals surface area contributed by atoms with Crippen LogP contribution >= 0.6 is 0 Å². The van der Waals surface area contributed by atoms with Gasteiger partial charge in [0.15, 0.2) is 17.3 Å². The molecular weight excluding hydrogens is 399 g/mol. The second-order valence-electron chi connectivity index (χ2n) is 8.72. The third-order valence-electron chi connectivity index (χ3n) is 6.41. The van der Waals surface area contributed by atoms with Gasteiger partial charge in [0.1, 0.15) is 5.75 Å². The molecular formula is C25H29FO5. The van der Waals surface area contributed by atoms with E-state index in [1.807, 2.05) is 24.3 Å². The molecule has 31 heavy (non-hydrogen) atoms. The lowest BCUT2D eigenvalue weighted by Gasteiger charge is -2.35. The molecule has 0 spiro atoms. The molecule has 2 aromatic carbocycles. The number of rotatable bonds is 10. The van der Waals surface area contributed by atoms with Gasteiger partial charge in [0, 0.05) is 0 Å². The number of aliphatic carboxylic acids is 1. The SMILES string of the molecule is COc1cccc(F)c1OC1CC(COc2cccc([C@H](C3CC3)[C@H](C)C(=O)O)c2)C1. The maximum Gasteiger partial charge on any atom is 0.306 e. The number of ether oxygens (including phenoxy) is 3. The van der Waals surface area contributed by atoms with Crippen molar-refractivity contribution in [3.05, 3.63) is 53.8 Å². The highest BCUT2D eigenvalue weighted by Gasteiger charge is 2.39. The first kappa shape index (κ1) is 21.5. The van der Waals surface area contributed by atoms with Crippen molar-refractivity contribution in [3.8, 4) is 17.2 Å². The number of carbonyl (C=O) groups is 1. The van der Waals surface area contributed by atoms with Crippen molar-refractivity contribution < 1.29 is 28.5 Å². The molecule has 2 saturated carbocycles. The van der Waals surface area contributed by atoms with Crippen LogP contribution in [0.2, 0.25) is 0 Å². The average molecular weight is 429 g/mol. The zero-order valence-electron chi connectivity index (χ0n) is 17.9. The highest BCUT2D eigenvalue weighted by molar-refractivity contribution is 5.71. The molecule has 0 aliphatic heterocycles. The Morgan fingerprint density at radius 2 is 1.94 bits per heavy atom. The fraction of sp³-hybridized carbons (Fsp3) is 0.480. The average Bonchev–Trinajstić information content (AvgIpc) is 3.56. The minimum Gasteiger partial charge on any atom is -0.493 e. The molecule has 2 atom stereocenters. The van der Waals surface area contributed by atoms with Crippen molar-refractivity contribution >= 4 is 5.97 Å². The lowest BCUT2D eigenvalue weighted by molar-refractivity contribution is -0.142. The number of carboxylic acid groups (broad SMARTS) is 1. The van der Waals surface area contributed by atoms with Crippen molar-refractivity contribution in [2.45, 2.75) is 44.6 Å². The second-order valence-corrected chi connectivity index (χ2v) is 8.72. The van der Waals surface area contributed by atoms with Crippen LogP contribution in [0.3, 0.4) is 0 Å². The summed E-state index contributed by atoms with van der Waals surface area (Å²) in [6, 6.07) is 12.5. The number of methoxy groups -OCH3 is 1. The van der Waals surface area contributed by atoms with Crippen LogP contribution in [-0.4, -0.2) is 30.9 Å². The Labute approximate surface area is 182 Å². The van der Waals surface area contributed by atoms with Crippen molar-refractivity contribution in [3.63, 3.8) is 0 Å². The Kier molecular flexibility index (Phi) is 6.35. The third kappa shape index (κ3) is 4.94. The zero-order valence-corrected chi connectivity index (χ0v) is 17.9. The van der Waals surface area contributed by atoms with Gasteiger partial charge in [0.2, 0.25) is 0 Å². The van der Waals surface area contributed by atoms with Crippen LogP contribution in [0, 0.1) is 23.6 Å². The molecule has 2 aliphatic carbocycles. The van der Waals surface area contributed by atoms with Gasteiger partial charge in [-0.15, -0.1) is 0 Å². The first-order valence-corrected chi connectivity index (χ1v) is 10.9. The normalized spacial score (nSPS) is 22.2. The number of halogens is 1. The lowest BCUT2D eigenvalue weighted by Crippen LogP contribution is -2.37. The maximum atomic E-state index is 14.0. The number of para-hydroxylation sites is 1. The van der Waals surface area contributed by atoms with Gasteiger partial charge < -0.3 is 19.3 Å². The third-order valence-corrected chi connectivity index (χ3v) is 6.41. The number of hydrogen-bond donors (Lipinski definition) is 1. The first-order valence-electron chi connectivity index (χ1n) is 10.9. The van der Waals surface area contributed by atoms with E-state index in [0.29, 0.717) is 24.2 Å². The summed E-state index contributed by atoms with van der Waals surface area (Å²) in [4.78, 5) is 11.5. The zero-order chi connectivity index (χ0) is 22.0. The van der Waals surface area contributed by atoms with E-state index in [0.717, 1.165) is 37.0 Å². The summed E-state index contributed by atoms with van der Waals surface area (Å²) >= 11 is 0. The quantitative estimate of drug-likeness (QED) is 0.557. The summed E-state index contributed by atoms with van der Waals surface area (Å²) in [5.41, 5.74) is 1.04. The molecule has 5 nitrogen and oxygen atoms in total. The van der Waals surface area contributed by atoms with E-state index in [1.165, 1.54) is 13.2 Å². The first-order chi connectivity index (χ1) is 15.0. The number of hydrogen-bond acceptors (Lipinski definition) is 4. The highest BCUT2D eigenvalue weighted by atomic mass is 19.1. The molecule has 0 bridgehead atoms. The van der Waals surface area contributed by atoms with E-state index in [1.54, 1.807) is 19.1 Å². The molecule has 1 N–H and O–H groups in total. The topological polar surface area (TPSA) is 65.0 Å². The van der Waals surface area contributed by atoms with Gasteiger partial charge in [-0.2, -0.15) is 0 Å². The molecule has 6 heteroatoms. The van der Waals surface area contributed by atoms with Gasteiger partial charge >= 0.3 is 5.97 Å². The van der Waals surface area contributed by atoms with Crippen LogP contribution in [0.1, 0.15) is 44.1 Å². The molecule has 0 aromatic heterocycles. The van der Waals surface area contributed by atoms with Gasteiger partial charge in [-0.3, -0.25) is 4.79 Å². The van der Waals surface area contributed by atoms with E-state index in [-0.39, 0.29) is 17.8 Å². The van der Waals surface area contributed by atoms with Crippen LogP contribution in [-0.2, 0) is 4.79 Å². The van der Waals surface area contributed by atoms with Gasteiger partial charge in [-0.1, -0.05) is 25.1 Å². The molecule has 2 fully saturated rings. The van der Waals surface area contributed by atoms with Crippen molar-refractivity contribution in [2.75, 3.05) is 13.7 Å². The molecule has 166 valence electrons. The molecule has 4 rings (SSSR count). The molecule has 0 amide bonds. The fourth-order valence-electron chi connectivity index (χ4n) is 4.44. The van der Waals surface area contributed by atoms with Crippen molar-refractivity contribution in [1.82, 2.24) is 0 Å². The summed E-state index contributed by atoms with van der Waals surface area (Å²) in [6.45, 7) is 2.35. The fourth-order valence-corrected chi connectivity index (χ4v) is 4.44. The van der Waals surface area contributed by atoms with Crippen molar-refractivity contribution in [1.29, 1.82) is 0 Å². The van der Waals surface area contributed by atoms with Gasteiger partial charge in [0.05, 0.1) is 25.7 Å². The predicted octanol–water partition coefficient (Wildman–Crippen LogP) is 5.29. The monoisotopic (exact) mass is 428 g/mol. The molecule has 2 aromatic rings. The van der Waals surface area contributed by atoms with E-state index in [4.69, 9.17) is 14.2 Å². The second kappa shape index (κ2) is 9.16. The van der Waals surface area contributed by atoms with Crippen molar-refractivity contribution in [2.24, 2.45) is 17.8 Å². The van der Waals surface area contributed by atoms with Crippen LogP contribution < -0.4 is 14.2 Å². The van der Waals surface area contributed by atoms with Crippen LogP contribution in [0.5, 0.6) is 17.2 Å². The Bertz CT molecular complexity index is 920. The number of carboxylic acids is 1. The molecule has 2 aliphatic rings. The van der Waals surface area contributed by atoms with Crippen LogP contribution in [0.15, 0.2) is 42.5 Å². The minimum atomic E-state index is -0.754. The lowest BCUT2D eigenvalue weighted by atomic mass is 9.82. The minimum absolute atomic E-state index is 0.0262. The summed E-state index contributed by atoms with van der Waals surface area (Å²) in [6.07, 6.45) is 3.70. The molecule has 0 saturated heterocycles. The maximum absolute atomic E-state index is 14.0. The van der Waals surface area contributed by atoms with Gasteiger partial charge in [-0.05, 0) is 73.3 Å². The Morgan fingerprint density at radius 3 is 2.61 bits per heavy atom. The van der Waals surface area contributed by atoms with Crippen LogP contribution in [0.4, 0.5) is 4.39 Å². The van der Waals surface area contributed by atoms with E-state index in [2.05, 4.69) is 0 Å². The Balaban J connectivity index is 1.30. The summed E-state index contributed by atoms with van der Waals surface area (Å²) < 4.78 is 31.0. The van der Waals surface area contributed by atoms with Gasteiger partial charge in [0.25, 0.3) is 0 Å². The van der Waals surface area contributed by atoms with E-state index >= 15 is 0 Å². The standard InChI is InChI=1S/C25H29FO5/c1-15(25(27)28)23(17-9-10-17)18-5-3-6-19(13-18)30-14-16-11-20(12-16)31-24-21(26)7-4-8-22(24)29-2/h3-8,13,15-17,20,23H,9-12,14H2,1-2H3,(H,27,28)/t15-,16?,20?,23-/m0/s1. The number of benzene rings is 2. The largest absolute Gasteiger partial charge is 0.493 e. The smallest absolute Gasteiger partial charge is 0.306 e. The summed E-state index contributed by atoms with van der Waals surface area (Å²) in [7, 11) is 1.50. The summed E-state index contributed by atoms with van der Waals surface area (Å²) in [5, 5.41) is 9.48. The Morgan fingerprint density at radius 1 is 1.19 bits per heavy atom. The molecule has 0 radical (unpaired) electrons. The van der Waals surface area contributed by atoms with Gasteiger partial charge in [-0.25, -0.2) is 4.39 Å². The molecule has 0 unspecified atom stereocenters. The van der Waals surface area contributed by atoms with E-state index < -0.39 is 17.7 Å². The van der Waals surface area contributed by atoms with Crippen LogP contribution in [0.25, 0.3) is 0 Å². The summed E-state index contributed by atoms with van der Waals surface area (Å²) in [5.74, 6) is 0.552. The Hall–Kier alpha value is -2.76. The predicted molar refractivity (Wildman–Crippen MR) is 114 cm³/mol.